The van der Waals surface area contributed by atoms with Gasteiger partial charge in [0, 0.05) is 28.8 Å². The Morgan fingerprint density at radius 3 is 2.41 bits per heavy atom. The van der Waals surface area contributed by atoms with Gasteiger partial charge < -0.3 is 19.3 Å². The fraction of sp³-hybridized carbons (Fsp3) is 0.303. The number of rotatable bonds is 9. The third-order valence-electron chi connectivity index (χ3n) is 7.49. The fourth-order valence-electron chi connectivity index (χ4n) is 5.66. The Hall–Kier alpha value is -4.10. The molecule has 212 valence electrons. The molecule has 1 aliphatic heterocycles. The van der Waals surface area contributed by atoms with E-state index >= 15 is 0 Å². The van der Waals surface area contributed by atoms with Crippen LogP contribution in [0.2, 0.25) is 5.02 Å². The Labute approximate surface area is 244 Å². The second-order valence-corrected chi connectivity index (χ2v) is 10.6. The molecule has 41 heavy (non-hydrogen) atoms. The van der Waals surface area contributed by atoms with E-state index in [1.165, 1.54) is 6.07 Å². The summed E-state index contributed by atoms with van der Waals surface area (Å²) in [5.74, 6) is -0.904. The van der Waals surface area contributed by atoms with Crippen LogP contribution in [0.1, 0.15) is 49.7 Å². The van der Waals surface area contributed by atoms with Crippen molar-refractivity contribution in [2.24, 2.45) is 10.9 Å². The Morgan fingerprint density at radius 1 is 0.951 bits per heavy atom. The van der Waals surface area contributed by atoms with E-state index in [1.54, 1.807) is 19.1 Å². The largest absolute Gasteiger partial charge is 0.504 e. The third-order valence-corrected chi connectivity index (χ3v) is 7.74. The van der Waals surface area contributed by atoms with E-state index in [0.717, 1.165) is 11.3 Å². The molecular weight excluding hydrogens is 542 g/mol. The number of carbonyl (C=O) groups is 2. The highest BCUT2D eigenvalue weighted by Gasteiger charge is 2.46. The van der Waals surface area contributed by atoms with E-state index in [4.69, 9.17) is 30.8 Å². The minimum absolute atomic E-state index is 0.00352. The van der Waals surface area contributed by atoms with Crippen LogP contribution in [0.4, 0.5) is 0 Å². The molecular formula is C33H32ClNO6. The minimum Gasteiger partial charge on any atom is -0.504 e. The molecule has 5 rings (SSSR count). The zero-order valence-electron chi connectivity index (χ0n) is 23.0. The van der Waals surface area contributed by atoms with Crippen molar-refractivity contribution in [3.05, 3.63) is 100 Å². The second kappa shape index (κ2) is 12.6. The zero-order valence-corrected chi connectivity index (χ0v) is 23.8. The minimum atomic E-state index is -0.636. The number of fused-ring (bicyclic) bond motifs is 1. The molecule has 3 atom stereocenters. The molecule has 8 heteroatoms. The summed E-state index contributed by atoms with van der Waals surface area (Å²) in [5.41, 5.74) is 3.26. The average Bonchev–Trinajstić information content (AvgIpc) is 2.96. The van der Waals surface area contributed by atoms with Crippen LogP contribution >= 0.6 is 11.6 Å². The number of nitrogens with zero attached hydrogens (tertiary/aromatic N) is 1. The van der Waals surface area contributed by atoms with Gasteiger partial charge in [-0.1, -0.05) is 48.0 Å². The highest BCUT2D eigenvalue weighted by atomic mass is 35.5. The summed E-state index contributed by atoms with van der Waals surface area (Å²) in [5, 5.41) is 11.0. The van der Waals surface area contributed by atoms with Gasteiger partial charge >= 0.3 is 5.97 Å². The highest BCUT2D eigenvalue weighted by Crippen LogP contribution is 2.47. The van der Waals surface area contributed by atoms with Crippen molar-refractivity contribution < 1.29 is 28.9 Å². The number of Topliss-reactive ketones (excluding diaryl/α,β-unsaturated/α-hetero) is 1. The maximum absolute atomic E-state index is 13.9. The monoisotopic (exact) mass is 573 g/mol. The Kier molecular flexibility index (Phi) is 8.74. The van der Waals surface area contributed by atoms with Crippen molar-refractivity contribution in [2.45, 2.75) is 38.5 Å². The summed E-state index contributed by atoms with van der Waals surface area (Å²) in [7, 11) is 0. The number of allylic oxidation sites excluding steroid dienone is 1. The first-order valence-corrected chi connectivity index (χ1v) is 14.1. The SMILES string of the molecule is CCOc1cc([C@H]2C(C(=O)OCCOc3ccccc3)=C(C)N=C3C[C@@H](c4ccc(Cl)cc4)CC(=O)C32)ccc1O. The summed E-state index contributed by atoms with van der Waals surface area (Å²) < 4.78 is 17.0. The van der Waals surface area contributed by atoms with E-state index < -0.39 is 17.8 Å². The van der Waals surface area contributed by atoms with Crippen LogP contribution in [0.15, 0.2) is 89.1 Å². The number of hydrogen-bond donors (Lipinski definition) is 1. The van der Waals surface area contributed by atoms with Crippen LogP contribution in [0.5, 0.6) is 17.2 Å². The smallest absolute Gasteiger partial charge is 0.336 e. The van der Waals surface area contributed by atoms with Crippen molar-refractivity contribution in [3.8, 4) is 17.2 Å². The van der Waals surface area contributed by atoms with Crippen LogP contribution < -0.4 is 9.47 Å². The molecule has 0 bridgehead atoms. The van der Waals surface area contributed by atoms with Gasteiger partial charge in [-0.25, -0.2) is 4.79 Å². The number of esters is 1. The summed E-state index contributed by atoms with van der Waals surface area (Å²) in [6.07, 6.45) is 0.889. The van der Waals surface area contributed by atoms with Crippen molar-refractivity contribution in [1.29, 1.82) is 0 Å². The maximum atomic E-state index is 13.9. The summed E-state index contributed by atoms with van der Waals surface area (Å²) >= 11 is 6.09. The molecule has 0 saturated heterocycles. The van der Waals surface area contributed by atoms with Gasteiger partial charge in [-0.05, 0) is 73.7 Å². The molecule has 3 aromatic rings. The molecule has 1 unspecified atom stereocenters. The number of ether oxygens (including phenoxy) is 3. The van der Waals surface area contributed by atoms with Crippen molar-refractivity contribution in [2.75, 3.05) is 19.8 Å². The molecule has 0 amide bonds. The van der Waals surface area contributed by atoms with Gasteiger partial charge in [0.15, 0.2) is 11.5 Å². The lowest BCUT2D eigenvalue weighted by Gasteiger charge is -2.38. The number of ketones is 1. The summed E-state index contributed by atoms with van der Waals surface area (Å²) in [4.78, 5) is 32.2. The predicted molar refractivity (Wildman–Crippen MR) is 157 cm³/mol. The highest BCUT2D eigenvalue weighted by molar-refractivity contribution is 6.30. The van der Waals surface area contributed by atoms with Crippen LogP contribution in [0, 0.1) is 5.92 Å². The molecule has 1 N–H and O–H groups in total. The van der Waals surface area contributed by atoms with Crippen LogP contribution in [0.25, 0.3) is 0 Å². The summed E-state index contributed by atoms with van der Waals surface area (Å²) in [6.45, 7) is 4.16. The molecule has 2 aliphatic rings. The third kappa shape index (κ3) is 6.30. The number of aliphatic imine (C=N–C) groups is 1. The number of phenolic OH excluding ortho intramolecular Hbond substituents is 1. The van der Waals surface area contributed by atoms with Gasteiger partial charge in [-0.2, -0.15) is 0 Å². The van der Waals surface area contributed by atoms with Gasteiger partial charge in [-0.15, -0.1) is 0 Å². The maximum Gasteiger partial charge on any atom is 0.336 e. The van der Waals surface area contributed by atoms with Crippen LogP contribution in [-0.2, 0) is 14.3 Å². The van der Waals surface area contributed by atoms with E-state index in [-0.39, 0.29) is 36.4 Å². The number of halogens is 1. The number of phenols is 1. The van der Waals surface area contributed by atoms with Gasteiger partial charge in [0.1, 0.15) is 24.7 Å². The first kappa shape index (κ1) is 28.4. The van der Waals surface area contributed by atoms with E-state index in [1.807, 2.05) is 61.5 Å². The Morgan fingerprint density at radius 2 is 1.68 bits per heavy atom. The van der Waals surface area contributed by atoms with Gasteiger partial charge in [0.2, 0.25) is 0 Å². The number of benzene rings is 3. The molecule has 1 saturated carbocycles. The molecule has 1 fully saturated rings. The van der Waals surface area contributed by atoms with Gasteiger partial charge in [0.05, 0.1) is 18.1 Å². The zero-order chi connectivity index (χ0) is 28.9. The first-order chi connectivity index (χ1) is 19.9. The standard InChI is InChI=1S/C33H32ClNO6/c1-3-39-29-19-22(11-14-27(29)36)31-30(33(38)41-16-15-40-25-7-5-4-6-8-25)20(2)35-26-17-23(18-28(37)32(26)31)21-9-12-24(34)13-10-21/h4-14,19,23,31-32,36H,3,15-18H2,1-2H3/t23-,31+,32?/m1/s1. The molecule has 0 radical (unpaired) electrons. The van der Waals surface area contributed by atoms with Gasteiger partial charge in [-0.3, -0.25) is 9.79 Å². The van der Waals surface area contributed by atoms with Crippen molar-refractivity contribution in [3.63, 3.8) is 0 Å². The van der Waals surface area contributed by atoms with E-state index in [9.17, 15) is 14.7 Å². The lowest BCUT2D eigenvalue weighted by atomic mass is 9.66. The number of para-hydroxylation sites is 1. The Balaban J connectivity index is 1.46. The Bertz CT molecular complexity index is 1480. The lowest BCUT2D eigenvalue weighted by molar-refractivity contribution is -0.140. The number of carbonyl (C=O) groups excluding carboxylic acids is 2. The van der Waals surface area contributed by atoms with E-state index in [2.05, 4.69) is 0 Å². The number of aromatic hydroxyl groups is 1. The quantitative estimate of drug-likeness (QED) is 0.228. The molecule has 3 aromatic carbocycles. The average molecular weight is 574 g/mol. The first-order valence-electron chi connectivity index (χ1n) is 13.7. The van der Waals surface area contributed by atoms with Crippen LogP contribution in [0.3, 0.4) is 0 Å². The second-order valence-electron chi connectivity index (χ2n) is 10.1. The fourth-order valence-corrected chi connectivity index (χ4v) is 5.78. The molecule has 0 aromatic heterocycles. The van der Waals surface area contributed by atoms with Crippen molar-refractivity contribution >= 4 is 29.1 Å². The molecule has 7 nitrogen and oxygen atoms in total. The normalized spacial score (nSPS) is 20.2. The van der Waals surface area contributed by atoms with Gasteiger partial charge in [0.25, 0.3) is 0 Å². The molecule has 1 heterocycles. The summed E-state index contributed by atoms with van der Waals surface area (Å²) in [6, 6.07) is 21.8. The lowest BCUT2D eigenvalue weighted by Crippen LogP contribution is -2.41. The topological polar surface area (TPSA) is 94.4 Å². The molecule has 1 aliphatic carbocycles. The van der Waals surface area contributed by atoms with Crippen LogP contribution in [-0.4, -0.2) is 42.4 Å². The number of hydrogen-bond acceptors (Lipinski definition) is 7. The molecule has 0 spiro atoms. The van der Waals surface area contributed by atoms with Crippen molar-refractivity contribution in [1.82, 2.24) is 0 Å². The predicted octanol–water partition coefficient (Wildman–Crippen LogP) is 6.64. The van der Waals surface area contributed by atoms with E-state index in [0.29, 0.717) is 47.1 Å².